The number of ether oxygens (including phenoxy) is 1. The number of nitrogens with one attached hydrogen (secondary N) is 1. The van der Waals surface area contributed by atoms with Gasteiger partial charge in [-0.15, -0.1) is 0 Å². The van der Waals surface area contributed by atoms with Crippen molar-refractivity contribution in [2.45, 2.75) is 12.5 Å². The Morgan fingerprint density at radius 1 is 1.58 bits per heavy atom. The molecule has 68 valence electrons. The molecule has 0 aromatic carbocycles. The molecule has 12 heavy (non-hydrogen) atoms. The van der Waals surface area contributed by atoms with E-state index in [1.807, 2.05) is 0 Å². The zero-order valence-corrected chi connectivity index (χ0v) is 6.74. The van der Waals surface area contributed by atoms with Crippen LogP contribution < -0.4 is 5.32 Å². The molecule has 2 atom stereocenters. The second-order valence-electron chi connectivity index (χ2n) is 2.69. The lowest BCUT2D eigenvalue weighted by Crippen LogP contribution is -2.39. The number of carbonyl (C=O) groups excluding carboxylic acids is 1. The van der Waals surface area contributed by atoms with Gasteiger partial charge in [0, 0.05) is 0 Å². The average molecular weight is 173 g/mol. The predicted molar refractivity (Wildman–Crippen MR) is 39.5 cm³/mol. The maximum Gasteiger partial charge on any atom is 0.323 e. The summed E-state index contributed by atoms with van der Waals surface area (Å²) in [6, 6.07) is -0.674. The number of carboxylic acid groups (broad SMARTS) is 1. The van der Waals surface area contributed by atoms with Gasteiger partial charge < -0.3 is 15.2 Å². The summed E-state index contributed by atoms with van der Waals surface area (Å²) in [5.74, 6) is -2.09. The van der Waals surface area contributed by atoms with E-state index in [1.165, 1.54) is 7.11 Å². The fraction of sp³-hybridized carbons (Fsp3) is 0.714. The lowest BCUT2D eigenvalue weighted by molar-refractivity contribution is -0.151. The number of aliphatic carboxylic acids is 1. The first kappa shape index (κ1) is 8.99. The van der Waals surface area contributed by atoms with Crippen molar-refractivity contribution >= 4 is 11.9 Å². The number of carboxylic acids is 1. The van der Waals surface area contributed by atoms with Crippen molar-refractivity contribution in [2.75, 3.05) is 13.7 Å². The molecule has 1 aliphatic heterocycles. The molecule has 1 saturated heterocycles. The largest absolute Gasteiger partial charge is 0.481 e. The van der Waals surface area contributed by atoms with Crippen LogP contribution in [0.15, 0.2) is 0 Å². The van der Waals surface area contributed by atoms with E-state index in [0.717, 1.165) is 0 Å². The number of hydrogen-bond donors (Lipinski definition) is 2. The van der Waals surface area contributed by atoms with Gasteiger partial charge in [-0.05, 0) is 13.0 Å². The predicted octanol–water partition coefficient (Wildman–Crippen LogP) is -0.778. The van der Waals surface area contributed by atoms with Gasteiger partial charge in [0.2, 0.25) is 0 Å². The van der Waals surface area contributed by atoms with Crippen molar-refractivity contribution in [3.63, 3.8) is 0 Å². The Bertz CT molecular complexity index is 204. The molecular weight excluding hydrogens is 162 g/mol. The molecule has 0 aromatic rings. The van der Waals surface area contributed by atoms with Crippen LogP contribution in [-0.2, 0) is 14.3 Å². The van der Waals surface area contributed by atoms with Crippen molar-refractivity contribution in [1.82, 2.24) is 5.32 Å². The Morgan fingerprint density at radius 3 is 2.75 bits per heavy atom. The topological polar surface area (TPSA) is 75.6 Å². The zero-order valence-electron chi connectivity index (χ0n) is 6.74. The summed E-state index contributed by atoms with van der Waals surface area (Å²) in [4.78, 5) is 21.6. The van der Waals surface area contributed by atoms with Crippen LogP contribution in [0, 0.1) is 5.92 Å². The van der Waals surface area contributed by atoms with E-state index in [9.17, 15) is 9.59 Å². The van der Waals surface area contributed by atoms with Crippen LogP contribution in [0.2, 0.25) is 0 Å². The van der Waals surface area contributed by atoms with E-state index in [-0.39, 0.29) is 0 Å². The summed E-state index contributed by atoms with van der Waals surface area (Å²) >= 11 is 0. The first-order chi connectivity index (χ1) is 5.66. The molecule has 1 rings (SSSR count). The molecule has 0 aliphatic carbocycles. The van der Waals surface area contributed by atoms with Crippen LogP contribution in [0.3, 0.4) is 0 Å². The summed E-state index contributed by atoms with van der Waals surface area (Å²) in [5.41, 5.74) is 0. The van der Waals surface area contributed by atoms with Gasteiger partial charge in [-0.25, -0.2) is 0 Å². The van der Waals surface area contributed by atoms with Gasteiger partial charge in [-0.1, -0.05) is 0 Å². The van der Waals surface area contributed by atoms with Crippen molar-refractivity contribution in [3.05, 3.63) is 0 Å². The second kappa shape index (κ2) is 3.53. The maximum absolute atomic E-state index is 11.0. The number of hydrogen-bond acceptors (Lipinski definition) is 4. The van der Waals surface area contributed by atoms with Gasteiger partial charge in [-0.2, -0.15) is 0 Å². The summed E-state index contributed by atoms with van der Waals surface area (Å²) in [6.45, 7) is 0.552. The van der Waals surface area contributed by atoms with Crippen molar-refractivity contribution in [3.8, 4) is 0 Å². The van der Waals surface area contributed by atoms with E-state index >= 15 is 0 Å². The average Bonchev–Trinajstić information content (AvgIpc) is 2.50. The third-order valence-electron chi connectivity index (χ3n) is 1.99. The van der Waals surface area contributed by atoms with E-state index < -0.39 is 23.9 Å². The normalized spacial score (nSPS) is 28.4. The molecule has 0 amide bonds. The van der Waals surface area contributed by atoms with Crippen LogP contribution >= 0.6 is 0 Å². The monoisotopic (exact) mass is 173 g/mol. The first-order valence-electron chi connectivity index (χ1n) is 3.71. The Balaban J connectivity index is 2.63. The Labute approximate surface area is 69.7 Å². The lowest BCUT2D eigenvalue weighted by Gasteiger charge is -2.12. The molecule has 5 heteroatoms. The molecule has 0 aromatic heterocycles. The highest BCUT2D eigenvalue weighted by atomic mass is 16.5. The van der Waals surface area contributed by atoms with E-state index in [1.54, 1.807) is 0 Å². The Hall–Kier alpha value is -1.10. The third kappa shape index (κ3) is 1.55. The van der Waals surface area contributed by atoms with Gasteiger partial charge in [0.1, 0.15) is 6.04 Å². The minimum absolute atomic E-state index is 0.481. The van der Waals surface area contributed by atoms with Crippen LogP contribution in [0.25, 0.3) is 0 Å². The summed E-state index contributed by atoms with van der Waals surface area (Å²) < 4.78 is 4.45. The molecule has 5 nitrogen and oxygen atoms in total. The molecule has 0 bridgehead atoms. The number of rotatable bonds is 2. The van der Waals surface area contributed by atoms with Gasteiger partial charge in [-0.3, -0.25) is 9.59 Å². The van der Waals surface area contributed by atoms with Gasteiger partial charge in [0.05, 0.1) is 13.0 Å². The number of esters is 1. The van der Waals surface area contributed by atoms with Gasteiger partial charge in [0.25, 0.3) is 0 Å². The molecule has 1 heterocycles. The standard InChI is InChI=1S/C7H11NO4/c1-12-7(11)5-4(6(9)10)2-3-8-5/h4-5,8H,2-3H2,1H3,(H,9,10)/t4-,5+/m1/s1. The molecule has 0 saturated carbocycles. The number of carbonyl (C=O) groups is 2. The third-order valence-corrected chi connectivity index (χ3v) is 1.99. The van der Waals surface area contributed by atoms with Gasteiger partial charge >= 0.3 is 11.9 Å². The highest BCUT2D eigenvalue weighted by Gasteiger charge is 2.38. The maximum atomic E-state index is 11.0. The minimum atomic E-state index is -0.949. The van der Waals surface area contributed by atoms with Crippen LogP contribution in [-0.4, -0.2) is 36.7 Å². The van der Waals surface area contributed by atoms with Crippen molar-refractivity contribution < 1.29 is 19.4 Å². The fourth-order valence-corrected chi connectivity index (χ4v) is 1.34. The lowest BCUT2D eigenvalue weighted by atomic mass is 10.0. The quantitative estimate of drug-likeness (QED) is 0.536. The molecule has 2 N–H and O–H groups in total. The van der Waals surface area contributed by atoms with Gasteiger partial charge in [0.15, 0.2) is 0 Å². The molecule has 1 aliphatic rings. The Morgan fingerprint density at radius 2 is 2.25 bits per heavy atom. The highest BCUT2D eigenvalue weighted by molar-refractivity contribution is 5.84. The molecule has 0 radical (unpaired) electrons. The summed E-state index contributed by atoms with van der Waals surface area (Å²) in [6.07, 6.45) is 0.481. The highest BCUT2D eigenvalue weighted by Crippen LogP contribution is 2.16. The van der Waals surface area contributed by atoms with Crippen molar-refractivity contribution in [2.24, 2.45) is 5.92 Å². The number of methoxy groups -OCH3 is 1. The van der Waals surface area contributed by atoms with Crippen molar-refractivity contribution in [1.29, 1.82) is 0 Å². The molecular formula is C7H11NO4. The molecule has 1 fully saturated rings. The van der Waals surface area contributed by atoms with Crippen LogP contribution in [0.4, 0.5) is 0 Å². The summed E-state index contributed by atoms with van der Waals surface area (Å²) in [5, 5.41) is 11.5. The second-order valence-corrected chi connectivity index (χ2v) is 2.69. The fourth-order valence-electron chi connectivity index (χ4n) is 1.34. The smallest absolute Gasteiger partial charge is 0.323 e. The minimum Gasteiger partial charge on any atom is -0.481 e. The van der Waals surface area contributed by atoms with E-state index in [4.69, 9.17) is 5.11 Å². The summed E-state index contributed by atoms with van der Waals surface area (Å²) in [7, 11) is 1.25. The Kier molecular flexibility index (Phi) is 2.65. The SMILES string of the molecule is COC(=O)[C@H]1NCC[C@H]1C(=O)O. The van der Waals surface area contributed by atoms with E-state index in [2.05, 4.69) is 10.1 Å². The molecule has 0 spiro atoms. The first-order valence-corrected chi connectivity index (χ1v) is 3.71. The van der Waals surface area contributed by atoms with Crippen LogP contribution in [0.1, 0.15) is 6.42 Å². The van der Waals surface area contributed by atoms with Crippen LogP contribution in [0.5, 0.6) is 0 Å². The van der Waals surface area contributed by atoms with E-state index in [0.29, 0.717) is 13.0 Å². The molecule has 0 unspecified atom stereocenters. The zero-order chi connectivity index (χ0) is 9.14.